The molecule has 0 aliphatic carbocycles. The fourth-order valence-electron chi connectivity index (χ4n) is 3.60. The molecule has 2 atom stereocenters. The Labute approximate surface area is 182 Å². The molecular formula is C21H29N3O4S2. The molecule has 0 saturated carbocycles. The summed E-state index contributed by atoms with van der Waals surface area (Å²) in [5.74, 6) is 0. The monoisotopic (exact) mass is 451 g/mol. The highest BCUT2D eigenvalue weighted by molar-refractivity contribution is 7.88. The van der Waals surface area contributed by atoms with Crippen molar-refractivity contribution in [2.45, 2.75) is 57.7 Å². The average Bonchev–Trinajstić information content (AvgIpc) is 3.10. The number of thiazole rings is 1. The lowest BCUT2D eigenvalue weighted by atomic mass is 9.94. The molecule has 1 N–H and O–H groups in total. The Morgan fingerprint density at radius 1 is 1.30 bits per heavy atom. The molecule has 30 heavy (non-hydrogen) atoms. The summed E-state index contributed by atoms with van der Waals surface area (Å²) in [5, 5.41) is 2.87. The van der Waals surface area contributed by atoms with Crippen molar-refractivity contribution >= 4 is 27.5 Å². The minimum Gasteiger partial charge on any atom is -0.444 e. The highest BCUT2D eigenvalue weighted by Crippen LogP contribution is 2.28. The average molecular weight is 452 g/mol. The summed E-state index contributed by atoms with van der Waals surface area (Å²) in [6.45, 7) is 5.99. The van der Waals surface area contributed by atoms with E-state index in [0.717, 1.165) is 22.5 Å². The number of nitrogens with one attached hydrogen (secondary N) is 1. The Balaban J connectivity index is 1.86. The molecule has 1 saturated heterocycles. The molecule has 164 valence electrons. The van der Waals surface area contributed by atoms with Crippen molar-refractivity contribution in [3.63, 3.8) is 0 Å². The van der Waals surface area contributed by atoms with Crippen molar-refractivity contribution in [1.82, 2.24) is 14.6 Å². The van der Waals surface area contributed by atoms with Crippen LogP contribution in [-0.2, 0) is 21.2 Å². The molecule has 1 aromatic carbocycles. The lowest BCUT2D eigenvalue weighted by molar-refractivity contribution is 0.00583. The molecule has 1 aromatic heterocycles. The minimum atomic E-state index is -3.42. The SMILES string of the molecule is CC(C)(C)OC(=O)N1CCC[C@H](NS(C)(=O)=O)[C@@H]1Cc1csc(-c2ccccc2)n1. The lowest BCUT2D eigenvalue weighted by Crippen LogP contribution is -2.58. The molecule has 1 aliphatic rings. The van der Waals surface area contributed by atoms with Crippen LogP contribution in [0.5, 0.6) is 0 Å². The van der Waals surface area contributed by atoms with Crippen LogP contribution >= 0.6 is 11.3 Å². The lowest BCUT2D eigenvalue weighted by Gasteiger charge is -2.41. The van der Waals surface area contributed by atoms with Crippen LogP contribution in [0.1, 0.15) is 39.3 Å². The number of piperidine rings is 1. The Hall–Kier alpha value is -1.97. The van der Waals surface area contributed by atoms with Crippen molar-refractivity contribution in [3.05, 3.63) is 41.4 Å². The van der Waals surface area contributed by atoms with Gasteiger partial charge < -0.3 is 9.64 Å². The topological polar surface area (TPSA) is 88.6 Å². The maximum absolute atomic E-state index is 12.9. The van der Waals surface area contributed by atoms with Crippen molar-refractivity contribution in [3.8, 4) is 10.6 Å². The van der Waals surface area contributed by atoms with Gasteiger partial charge >= 0.3 is 6.09 Å². The number of benzene rings is 1. The van der Waals surface area contributed by atoms with E-state index >= 15 is 0 Å². The van der Waals surface area contributed by atoms with Crippen LogP contribution in [-0.4, -0.2) is 54.9 Å². The molecule has 1 amide bonds. The number of likely N-dealkylation sites (tertiary alicyclic amines) is 1. The molecule has 2 aromatic rings. The zero-order valence-corrected chi connectivity index (χ0v) is 19.4. The van der Waals surface area contributed by atoms with Gasteiger partial charge in [-0.15, -0.1) is 11.3 Å². The Bertz CT molecular complexity index is 968. The number of rotatable bonds is 5. The molecular weight excluding hydrogens is 422 g/mol. The smallest absolute Gasteiger partial charge is 0.410 e. The zero-order chi connectivity index (χ0) is 21.9. The summed E-state index contributed by atoms with van der Waals surface area (Å²) in [6, 6.07) is 9.15. The third-order valence-corrected chi connectivity index (χ3v) is 6.43. The summed E-state index contributed by atoms with van der Waals surface area (Å²) in [5.41, 5.74) is 1.24. The van der Waals surface area contributed by atoms with E-state index in [1.54, 1.807) is 16.2 Å². The molecule has 2 heterocycles. The van der Waals surface area contributed by atoms with Gasteiger partial charge in [0.1, 0.15) is 10.6 Å². The normalized spacial score (nSPS) is 20.2. The van der Waals surface area contributed by atoms with Gasteiger partial charge in [0.05, 0.1) is 18.0 Å². The van der Waals surface area contributed by atoms with Gasteiger partial charge in [-0.05, 0) is 33.6 Å². The molecule has 9 heteroatoms. The van der Waals surface area contributed by atoms with Crippen LogP contribution in [0, 0.1) is 0 Å². The standard InChI is InChI=1S/C21H29N3O4S2/c1-21(2,3)28-20(25)24-12-8-11-17(23-30(4,26)27)18(24)13-16-14-29-19(22-16)15-9-6-5-7-10-15/h5-7,9-10,14,17-18,23H,8,11-13H2,1-4H3/t17-,18-/m0/s1. The number of ether oxygens (including phenoxy) is 1. The second-order valence-electron chi connectivity index (χ2n) is 8.59. The van der Waals surface area contributed by atoms with E-state index in [1.807, 2.05) is 56.5 Å². The fraction of sp³-hybridized carbons (Fsp3) is 0.524. The molecule has 7 nitrogen and oxygen atoms in total. The summed E-state index contributed by atoms with van der Waals surface area (Å²) < 4.78 is 32.2. The van der Waals surface area contributed by atoms with Gasteiger partial charge in [0.15, 0.2) is 0 Å². The second-order valence-corrected chi connectivity index (χ2v) is 11.2. The number of carbonyl (C=O) groups excluding carboxylic acids is 1. The van der Waals surface area contributed by atoms with Crippen LogP contribution in [0.15, 0.2) is 35.7 Å². The first-order valence-electron chi connectivity index (χ1n) is 9.98. The van der Waals surface area contributed by atoms with Gasteiger partial charge in [0, 0.05) is 30.0 Å². The Morgan fingerprint density at radius 3 is 2.63 bits per heavy atom. The van der Waals surface area contributed by atoms with Gasteiger partial charge in [0.25, 0.3) is 0 Å². The predicted octanol–water partition coefficient (Wildman–Crippen LogP) is 3.67. The van der Waals surface area contributed by atoms with Gasteiger partial charge in [-0.25, -0.2) is 22.9 Å². The zero-order valence-electron chi connectivity index (χ0n) is 17.8. The maximum Gasteiger partial charge on any atom is 0.410 e. The quantitative estimate of drug-likeness (QED) is 0.749. The van der Waals surface area contributed by atoms with Crippen molar-refractivity contribution < 1.29 is 17.9 Å². The van der Waals surface area contributed by atoms with Gasteiger partial charge in [-0.3, -0.25) is 0 Å². The largest absolute Gasteiger partial charge is 0.444 e. The molecule has 1 aliphatic heterocycles. The van der Waals surface area contributed by atoms with Gasteiger partial charge in [-0.1, -0.05) is 30.3 Å². The van der Waals surface area contributed by atoms with Crippen LogP contribution in [0.3, 0.4) is 0 Å². The summed E-state index contributed by atoms with van der Waals surface area (Å²) in [4.78, 5) is 19.2. The van der Waals surface area contributed by atoms with E-state index in [9.17, 15) is 13.2 Å². The first-order valence-corrected chi connectivity index (χ1v) is 12.8. The van der Waals surface area contributed by atoms with Crippen LogP contribution in [0.25, 0.3) is 10.6 Å². The van der Waals surface area contributed by atoms with E-state index in [2.05, 4.69) is 4.72 Å². The van der Waals surface area contributed by atoms with Gasteiger partial charge in [0.2, 0.25) is 10.0 Å². The molecule has 0 radical (unpaired) electrons. The van der Waals surface area contributed by atoms with E-state index < -0.39 is 21.7 Å². The molecule has 0 bridgehead atoms. The van der Waals surface area contributed by atoms with Crippen molar-refractivity contribution in [2.75, 3.05) is 12.8 Å². The summed E-state index contributed by atoms with van der Waals surface area (Å²) in [6.07, 6.45) is 2.54. The summed E-state index contributed by atoms with van der Waals surface area (Å²) >= 11 is 1.54. The van der Waals surface area contributed by atoms with Gasteiger partial charge in [-0.2, -0.15) is 0 Å². The Morgan fingerprint density at radius 2 is 2.00 bits per heavy atom. The van der Waals surface area contributed by atoms with Crippen LogP contribution in [0.2, 0.25) is 0 Å². The van der Waals surface area contributed by atoms with E-state index in [-0.39, 0.29) is 12.1 Å². The molecule has 3 rings (SSSR count). The molecule has 0 unspecified atom stereocenters. The third-order valence-electron chi connectivity index (χ3n) is 4.76. The third kappa shape index (κ3) is 6.26. The number of nitrogens with zero attached hydrogens (tertiary/aromatic N) is 2. The van der Waals surface area contributed by atoms with Crippen molar-refractivity contribution in [2.24, 2.45) is 0 Å². The fourth-order valence-corrected chi connectivity index (χ4v) is 5.26. The molecule has 0 spiro atoms. The minimum absolute atomic E-state index is 0.367. The number of hydrogen-bond acceptors (Lipinski definition) is 6. The van der Waals surface area contributed by atoms with E-state index in [4.69, 9.17) is 9.72 Å². The van der Waals surface area contributed by atoms with E-state index in [1.165, 1.54) is 0 Å². The molecule has 1 fully saturated rings. The first kappa shape index (κ1) is 22.7. The number of amides is 1. The summed E-state index contributed by atoms with van der Waals surface area (Å²) in [7, 11) is -3.42. The van der Waals surface area contributed by atoms with Crippen molar-refractivity contribution in [1.29, 1.82) is 0 Å². The number of hydrogen-bond donors (Lipinski definition) is 1. The maximum atomic E-state index is 12.9. The highest BCUT2D eigenvalue weighted by atomic mass is 32.2. The highest BCUT2D eigenvalue weighted by Gasteiger charge is 2.38. The van der Waals surface area contributed by atoms with Crippen LogP contribution < -0.4 is 4.72 Å². The number of carbonyl (C=O) groups is 1. The predicted molar refractivity (Wildman–Crippen MR) is 119 cm³/mol. The van der Waals surface area contributed by atoms with Crippen LogP contribution in [0.4, 0.5) is 4.79 Å². The van der Waals surface area contributed by atoms with E-state index in [0.29, 0.717) is 25.8 Å². The number of sulfonamides is 1. The second kappa shape index (κ2) is 9.03. The first-order chi connectivity index (χ1) is 14.0. The number of aromatic nitrogens is 1. The Kier molecular flexibility index (Phi) is 6.84.